The SMILES string of the molecule is CC1OCCC1SCc1cc([N+](=O)[O-])ccc1NN. The highest BCUT2D eigenvalue weighted by molar-refractivity contribution is 7.99. The standard InChI is InChI=1S/C12H17N3O3S/c1-8-12(4-5-18-8)19-7-9-6-10(15(16)17)2-3-11(9)14-13/h2-3,6,8,12,14H,4-5,7,13H2,1H3. The smallest absolute Gasteiger partial charge is 0.269 e. The van der Waals surface area contributed by atoms with Crippen LogP contribution in [0.2, 0.25) is 0 Å². The van der Waals surface area contributed by atoms with E-state index >= 15 is 0 Å². The highest BCUT2D eigenvalue weighted by atomic mass is 32.2. The van der Waals surface area contributed by atoms with Gasteiger partial charge in [0.05, 0.1) is 16.7 Å². The number of nitrogens with zero attached hydrogens (tertiary/aromatic N) is 1. The first kappa shape index (κ1) is 14.1. The Hall–Kier alpha value is -1.31. The molecule has 3 N–H and O–H groups in total. The fourth-order valence-electron chi connectivity index (χ4n) is 2.08. The van der Waals surface area contributed by atoms with Gasteiger partial charge < -0.3 is 10.2 Å². The molecule has 1 saturated heterocycles. The number of non-ortho nitro benzene ring substituents is 1. The van der Waals surface area contributed by atoms with Crippen molar-refractivity contribution in [3.63, 3.8) is 0 Å². The topological polar surface area (TPSA) is 90.4 Å². The van der Waals surface area contributed by atoms with E-state index in [1.807, 2.05) is 0 Å². The lowest BCUT2D eigenvalue weighted by molar-refractivity contribution is -0.384. The Kier molecular flexibility index (Phi) is 4.62. The summed E-state index contributed by atoms with van der Waals surface area (Å²) >= 11 is 1.75. The molecule has 2 atom stereocenters. The molecule has 0 saturated carbocycles. The van der Waals surface area contributed by atoms with E-state index in [4.69, 9.17) is 10.6 Å². The van der Waals surface area contributed by atoms with Crippen molar-refractivity contribution in [3.05, 3.63) is 33.9 Å². The Morgan fingerprint density at radius 3 is 3.00 bits per heavy atom. The van der Waals surface area contributed by atoms with Gasteiger partial charge in [-0.05, 0) is 25.0 Å². The van der Waals surface area contributed by atoms with Crippen LogP contribution in [-0.2, 0) is 10.5 Å². The lowest BCUT2D eigenvalue weighted by atomic mass is 10.2. The fraction of sp³-hybridized carbons (Fsp3) is 0.500. The minimum Gasteiger partial charge on any atom is -0.377 e. The van der Waals surface area contributed by atoms with Crippen molar-refractivity contribution in [1.29, 1.82) is 0 Å². The molecule has 7 heteroatoms. The van der Waals surface area contributed by atoms with Gasteiger partial charge in [-0.3, -0.25) is 16.0 Å². The Morgan fingerprint density at radius 1 is 1.63 bits per heavy atom. The van der Waals surface area contributed by atoms with E-state index in [-0.39, 0.29) is 11.8 Å². The minimum absolute atomic E-state index is 0.0883. The van der Waals surface area contributed by atoms with E-state index in [9.17, 15) is 10.1 Å². The van der Waals surface area contributed by atoms with E-state index in [0.717, 1.165) is 24.3 Å². The Morgan fingerprint density at radius 2 is 2.42 bits per heavy atom. The van der Waals surface area contributed by atoms with E-state index in [2.05, 4.69) is 12.3 Å². The van der Waals surface area contributed by atoms with Crippen molar-refractivity contribution in [1.82, 2.24) is 0 Å². The van der Waals surface area contributed by atoms with Gasteiger partial charge in [-0.2, -0.15) is 11.8 Å². The van der Waals surface area contributed by atoms with Gasteiger partial charge in [0.1, 0.15) is 0 Å². The van der Waals surface area contributed by atoms with Crippen molar-refractivity contribution >= 4 is 23.1 Å². The maximum atomic E-state index is 10.8. The van der Waals surface area contributed by atoms with Crippen LogP contribution >= 0.6 is 11.8 Å². The van der Waals surface area contributed by atoms with Gasteiger partial charge in [-0.25, -0.2) is 0 Å². The minimum atomic E-state index is -0.393. The van der Waals surface area contributed by atoms with Crippen LogP contribution in [0.5, 0.6) is 0 Å². The van der Waals surface area contributed by atoms with Gasteiger partial charge in [0.15, 0.2) is 0 Å². The molecule has 19 heavy (non-hydrogen) atoms. The molecule has 104 valence electrons. The number of anilines is 1. The second-order valence-electron chi connectivity index (χ2n) is 4.46. The molecule has 1 aromatic rings. The van der Waals surface area contributed by atoms with Crippen molar-refractivity contribution < 1.29 is 9.66 Å². The van der Waals surface area contributed by atoms with Crippen LogP contribution in [0.3, 0.4) is 0 Å². The number of hydrogen-bond donors (Lipinski definition) is 2. The zero-order valence-electron chi connectivity index (χ0n) is 10.7. The van der Waals surface area contributed by atoms with Crippen molar-refractivity contribution in [2.24, 2.45) is 5.84 Å². The molecule has 0 bridgehead atoms. The van der Waals surface area contributed by atoms with Gasteiger partial charge in [0.25, 0.3) is 5.69 Å². The number of nitro groups is 1. The summed E-state index contributed by atoms with van der Waals surface area (Å²) in [5.41, 5.74) is 4.24. The van der Waals surface area contributed by atoms with E-state index in [1.54, 1.807) is 23.9 Å². The van der Waals surface area contributed by atoms with Gasteiger partial charge in [0.2, 0.25) is 0 Å². The lowest BCUT2D eigenvalue weighted by Crippen LogP contribution is -2.14. The number of nitrogen functional groups attached to an aromatic ring is 1. The Balaban J connectivity index is 2.09. The number of rotatable bonds is 5. The molecule has 0 amide bonds. The summed E-state index contributed by atoms with van der Waals surface area (Å²) in [5.74, 6) is 6.11. The molecule has 2 unspecified atom stereocenters. The molecule has 2 rings (SSSR count). The van der Waals surface area contributed by atoms with Crippen LogP contribution in [0.4, 0.5) is 11.4 Å². The number of hydrazine groups is 1. The summed E-state index contributed by atoms with van der Waals surface area (Å²) < 4.78 is 5.50. The van der Waals surface area contributed by atoms with Crippen molar-refractivity contribution in [2.75, 3.05) is 12.0 Å². The van der Waals surface area contributed by atoms with E-state index in [0.29, 0.717) is 11.0 Å². The first-order chi connectivity index (χ1) is 9.11. The van der Waals surface area contributed by atoms with Crippen LogP contribution in [0.1, 0.15) is 18.9 Å². The summed E-state index contributed by atoms with van der Waals surface area (Å²) in [6, 6.07) is 4.66. The first-order valence-electron chi connectivity index (χ1n) is 6.09. The summed E-state index contributed by atoms with van der Waals surface area (Å²) in [4.78, 5) is 10.4. The van der Waals surface area contributed by atoms with Crippen molar-refractivity contribution in [3.8, 4) is 0 Å². The maximum absolute atomic E-state index is 10.8. The zero-order valence-corrected chi connectivity index (χ0v) is 11.5. The summed E-state index contributed by atoms with van der Waals surface area (Å²) in [7, 11) is 0. The molecule has 1 aromatic carbocycles. The van der Waals surface area contributed by atoms with Crippen LogP contribution in [-0.4, -0.2) is 22.9 Å². The van der Waals surface area contributed by atoms with Gasteiger partial charge in [-0.15, -0.1) is 0 Å². The summed E-state index contributed by atoms with van der Waals surface area (Å²) in [5, 5.41) is 11.2. The number of ether oxygens (including phenoxy) is 1. The van der Waals surface area contributed by atoms with E-state index in [1.165, 1.54) is 6.07 Å². The molecule has 1 heterocycles. The quantitative estimate of drug-likeness (QED) is 0.489. The molecule has 1 aliphatic rings. The lowest BCUT2D eigenvalue weighted by Gasteiger charge is -2.15. The predicted molar refractivity (Wildman–Crippen MR) is 76.0 cm³/mol. The number of thioether (sulfide) groups is 1. The maximum Gasteiger partial charge on any atom is 0.269 e. The van der Waals surface area contributed by atoms with Gasteiger partial charge >= 0.3 is 0 Å². The van der Waals surface area contributed by atoms with Crippen LogP contribution in [0.25, 0.3) is 0 Å². The molecule has 6 nitrogen and oxygen atoms in total. The molecule has 1 fully saturated rings. The zero-order chi connectivity index (χ0) is 13.8. The number of nitrogens with one attached hydrogen (secondary N) is 1. The van der Waals surface area contributed by atoms with Crippen LogP contribution < -0.4 is 11.3 Å². The number of benzene rings is 1. The number of hydrogen-bond acceptors (Lipinski definition) is 6. The predicted octanol–water partition coefficient (Wildman–Crippen LogP) is 2.29. The van der Waals surface area contributed by atoms with Gasteiger partial charge in [0, 0.05) is 29.7 Å². The molecule has 0 radical (unpaired) electrons. The summed E-state index contributed by atoms with van der Waals surface area (Å²) in [6.45, 7) is 2.84. The monoisotopic (exact) mass is 283 g/mol. The third kappa shape index (κ3) is 3.37. The molecular formula is C12H17N3O3S. The molecule has 1 aliphatic heterocycles. The van der Waals surface area contributed by atoms with E-state index < -0.39 is 4.92 Å². The number of nitro benzene ring substituents is 1. The first-order valence-corrected chi connectivity index (χ1v) is 7.14. The highest BCUT2D eigenvalue weighted by Crippen LogP contribution is 2.32. The van der Waals surface area contributed by atoms with Gasteiger partial charge in [-0.1, -0.05) is 0 Å². The largest absolute Gasteiger partial charge is 0.377 e. The molecule has 0 spiro atoms. The Bertz CT molecular complexity index is 470. The second-order valence-corrected chi connectivity index (χ2v) is 5.68. The summed E-state index contributed by atoms with van der Waals surface area (Å²) in [6.07, 6.45) is 1.25. The normalized spacial score (nSPS) is 22.4. The highest BCUT2D eigenvalue weighted by Gasteiger charge is 2.25. The molecular weight excluding hydrogens is 266 g/mol. The van der Waals surface area contributed by atoms with Crippen LogP contribution in [0, 0.1) is 10.1 Å². The average Bonchev–Trinajstić information content (AvgIpc) is 2.81. The Labute approximate surface area is 115 Å². The average molecular weight is 283 g/mol. The fourth-order valence-corrected chi connectivity index (χ4v) is 3.33. The number of nitrogens with two attached hydrogens (primary N) is 1. The van der Waals surface area contributed by atoms with Crippen molar-refractivity contribution in [2.45, 2.75) is 30.5 Å². The van der Waals surface area contributed by atoms with Crippen LogP contribution in [0.15, 0.2) is 18.2 Å². The third-order valence-electron chi connectivity index (χ3n) is 3.21. The second kappa shape index (κ2) is 6.23. The molecule has 0 aliphatic carbocycles. The molecule has 0 aromatic heterocycles. The third-order valence-corrected chi connectivity index (χ3v) is 4.74.